The summed E-state index contributed by atoms with van der Waals surface area (Å²) in [6.45, 7) is 8.23. The highest BCUT2D eigenvalue weighted by molar-refractivity contribution is 5.85. The first kappa shape index (κ1) is 15.0. The Morgan fingerprint density at radius 1 is 1.15 bits per heavy atom. The van der Waals surface area contributed by atoms with Crippen LogP contribution in [0, 0.1) is 6.92 Å². The van der Waals surface area contributed by atoms with Crippen molar-refractivity contribution in [2.75, 3.05) is 13.2 Å². The van der Waals surface area contributed by atoms with E-state index >= 15 is 0 Å². The van der Waals surface area contributed by atoms with Crippen molar-refractivity contribution >= 4 is 10.9 Å². The van der Waals surface area contributed by atoms with E-state index in [4.69, 9.17) is 4.74 Å². The molecule has 2 rings (SSSR count). The van der Waals surface area contributed by atoms with Crippen LogP contribution in [0.5, 0.6) is 0 Å². The summed E-state index contributed by atoms with van der Waals surface area (Å²) in [6.07, 6.45) is 6.20. The lowest BCUT2D eigenvalue weighted by molar-refractivity contribution is 0.132. The van der Waals surface area contributed by atoms with E-state index in [9.17, 15) is 0 Å². The number of hydrogen-bond acceptors (Lipinski definition) is 2. The fourth-order valence-electron chi connectivity index (χ4n) is 2.53. The Morgan fingerprint density at radius 3 is 2.75 bits per heavy atom. The van der Waals surface area contributed by atoms with Gasteiger partial charge in [0, 0.05) is 24.8 Å². The van der Waals surface area contributed by atoms with E-state index in [0.717, 1.165) is 44.4 Å². The number of nitrogens with zero attached hydrogens (tertiary/aromatic N) is 1. The van der Waals surface area contributed by atoms with Crippen molar-refractivity contribution in [3.63, 3.8) is 0 Å². The Kier molecular flexibility index (Phi) is 5.54. The minimum Gasteiger partial charge on any atom is -0.381 e. The summed E-state index contributed by atoms with van der Waals surface area (Å²) >= 11 is 0. The van der Waals surface area contributed by atoms with E-state index in [1.807, 2.05) is 6.20 Å². The molecular formula is C18H25NO. The van der Waals surface area contributed by atoms with Crippen LogP contribution in [-0.2, 0) is 17.6 Å². The molecule has 20 heavy (non-hydrogen) atoms. The Labute approximate surface area is 122 Å². The molecular weight excluding hydrogens is 246 g/mol. The quantitative estimate of drug-likeness (QED) is 0.693. The molecule has 0 bridgehead atoms. The molecule has 0 fully saturated rings. The van der Waals surface area contributed by atoms with Gasteiger partial charge in [-0.25, -0.2) is 0 Å². The second-order valence-electron chi connectivity index (χ2n) is 5.35. The Bertz CT molecular complexity index is 563. The molecule has 0 saturated carbocycles. The van der Waals surface area contributed by atoms with Gasteiger partial charge in [-0.1, -0.05) is 19.9 Å². The van der Waals surface area contributed by atoms with Crippen LogP contribution in [0.25, 0.3) is 10.9 Å². The van der Waals surface area contributed by atoms with Crippen LogP contribution in [0.4, 0.5) is 0 Å². The largest absolute Gasteiger partial charge is 0.381 e. The Morgan fingerprint density at radius 2 is 2.00 bits per heavy atom. The number of rotatable bonds is 7. The van der Waals surface area contributed by atoms with Crippen molar-refractivity contribution in [2.45, 2.75) is 46.5 Å². The maximum absolute atomic E-state index is 5.58. The summed E-state index contributed by atoms with van der Waals surface area (Å²) in [5, 5.41) is 1.30. The molecule has 0 N–H and O–H groups in total. The van der Waals surface area contributed by atoms with Crippen molar-refractivity contribution in [3.05, 3.63) is 41.1 Å². The van der Waals surface area contributed by atoms with E-state index in [-0.39, 0.29) is 0 Å². The predicted octanol–water partition coefficient (Wildman–Crippen LogP) is 4.46. The Hall–Kier alpha value is -1.41. The molecule has 0 radical (unpaired) electrons. The molecule has 0 atom stereocenters. The highest BCUT2D eigenvalue weighted by atomic mass is 16.5. The summed E-state index contributed by atoms with van der Waals surface area (Å²) in [7, 11) is 0. The normalized spacial score (nSPS) is 11.2. The second-order valence-corrected chi connectivity index (χ2v) is 5.35. The molecule has 0 amide bonds. The van der Waals surface area contributed by atoms with E-state index in [2.05, 4.69) is 44.0 Å². The van der Waals surface area contributed by atoms with Gasteiger partial charge in [-0.2, -0.15) is 0 Å². The van der Waals surface area contributed by atoms with Crippen LogP contribution in [-0.4, -0.2) is 18.2 Å². The van der Waals surface area contributed by atoms with Gasteiger partial charge in [0.1, 0.15) is 0 Å². The Balaban J connectivity index is 2.20. The molecule has 0 saturated heterocycles. The summed E-state index contributed by atoms with van der Waals surface area (Å²) < 4.78 is 5.58. The minimum absolute atomic E-state index is 0.845. The summed E-state index contributed by atoms with van der Waals surface area (Å²) in [4.78, 5) is 4.59. The molecule has 2 heteroatoms. The molecule has 1 heterocycles. The smallest absolute Gasteiger partial charge is 0.0736 e. The molecule has 0 unspecified atom stereocenters. The first-order chi connectivity index (χ1) is 9.76. The third-order valence-corrected chi connectivity index (χ3v) is 3.69. The fourth-order valence-corrected chi connectivity index (χ4v) is 2.53. The van der Waals surface area contributed by atoms with Crippen molar-refractivity contribution < 1.29 is 4.74 Å². The van der Waals surface area contributed by atoms with Gasteiger partial charge in [-0.3, -0.25) is 4.98 Å². The number of aromatic nitrogens is 1. The van der Waals surface area contributed by atoms with Gasteiger partial charge < -0.3 is 4.74 Å². The number of pyridine rings is 1. The van der Waals surface area contributed by atoms with Crippen molar-refractivity contribution in [1.29, 1.82) is 0 Å². The maximum atomic E-state index is 5.58. The average Bonchev–Trinajstić information content (AvgIpc) is 2.47. The SMILES string of the molecule is CCCOCCCc1cc(CC)cc2c(C)ccnc12. The predicted molar refractivity (Wildman–Crippen MR) is 85.3 cm³/mol. The lowest BCUT2D eigenvalue weighted by atomic mass is 9.98. The standard InChI is InChI=1S/C18H25NO/c1-4-10-20-11-6-7-16-12-15(5-2)13-17-14(3)8-9-19-18(16)17/h8-9,12-13H,4-7,10-11H2,1-3H3. The van der Waals surface area contributed by atoms with Crippen LogP contribution in [0.3, 0.4) is 0 Å². The van der Waals surface area contributed by atoms with Crippen LogP contribution >= 0.6 is 0 Å². The fraction of sp³-hybridized carbons (Fsp3) is 0.500. The summed E-state index contributed by atoms with van der Waals surface area (Å²) in [5.41, 5.74) is 5.24. The van der Waals surface area contributed by atoms with Crippen molar-refractivity contribution in [2.24, 2.45) is 0 Å². The molecule has 2 nitrogen and oxygen atoms in total. The topological polar surface area (TPSA) is 22.1 Å². The number of benzene rings is 1. The van der Waals surface area contributed by atoms with Crippen LogP contribution in [0.2, 0.25) is 0 Å². The summed E-state index contributed by atoms with van der Waals surface area (Å²) in [6, 6.07) is 6.69. The third-order valence-electron chi connectivity index (χ3n) is 3.69. The van der Waals surface area contributed by atoms with Gasteiger partial charge in [0.15, 0.2) is 0 Å². The van der Waals surface area contributed by atoms with Gasteiger partial charge in [-0.15, -0.1) is 0 Å². The molecule has 1 aromatic heterocycles. The lowest BCUT2D eigenvalue weighted by Crippen LogP contribution is -2.00. The second kappa shape index (κ2) is 7.39. The molecule has 0 aliphatic heterocycles. The number of hydrogen-bond donors (Lipinski definition) is 0. The van der Waals surface area contributed by atoms with Gasteiger partial charge in [0.2, 0.25) is 0 Å². The van der Waals surface area contributed by atoms with Gasteiger partial charge in [-0.05, 0) is 61.4 Å². The van der Waals surface area contributed by atoms with Crippen LogP contribution in [0.1, 0.15) is 43.4 Å². The molecule has 1 aromatic carbocycles. The first-order valence-corrected chi connectivity index (χ1v) is 7.71. The molecule has 0 spiro atoms. The zero-order chi connectivity index (χ0) is 14.4. The summed E-state index contributed by atoms with van der Waals surface area (Å²) in [5.74, 6) is 0. The van der Waals surface area contributed by atoms with Crippen molar-refractivity contribution in [1.82, 2.24) is 4.98 Å². The van der Waals surface area contributed by atoms with Crippen LogP contribution < -0.4 is 0 Å². The van der Waals surface area contributed by atoms with E-state index in [0.29, 0.717) is 0 Å². The average molecular weight is 271 g/mol. The zero-order valence-corrected chi connectivity index (χ0v) is 12.9. The first-order valence-electron chi connectivity index (χ1n) is 7.71. The molecule has 2 aromatic rings. The highest BCUT2D eigenvalue weighted by Crippen LogP contribution is 2.23. The van der Waals surface area contributed by atoms with Crippen LogP contribution in [0.15, 0.2) is 24.4 Å². The van der Waals surface area contributed by atoms with Gasteiger partial charge in [0.05, 0.1) is 5.52 Å². The number of aryl methyl sites for hydroxylation is 3. The van der Waals surface area contributed by atoms with Crippen molar-refractivity contribution in [3.8, 4) is 0 Å². The van der Waals surface area contributed by atoms with E-state index in [1.165, 1.54) is 22.1 Å². The third kappa shape index (κ3) is 3.57. The maximum Gasteiger partial charge on any atom is 0.0736 e. The molecule has 0 aliphatic rings. The minimum atomic E-state index is 0.845. The molecule has 0 aliphatic carbocycles. The van der Waals surface area contributed by atoms with E-state index < -0.39 is 0 Å². The monoisotopic (exact) mass is 271 g/mol. The zero-order valence-electron chi connectivity index (χ0n) is 12.9. The number of fused-ring (bicyclic) bond motifs is 1. The van der Waals surface area contributed by atoms with Gasteiger partial charge in [0.25, 0.3) is 0 Å². The number of ether oxygens (including phenoxy) is 1. The van der Waals surface area contributed by atoms with Gasteiger partial charge >= 0.3 is 0 Å². The molecule has 108 valence electrons. The highest BCUT2D eigenvalue weighted by Gasteiger charge is 2.07. The lowest BCUT2D eigenvalue weighted by Gasteiger charge is -2.10. The van der Waals surface area contributed by atoms with E-state index in [1.54, 1.807) is 0 Å².